The fourth-order valence-electron chi connectivity index (χ4n) is 13.6. The molecule has 6 aromatic heterocycles. The van der Waals surface area contributed by atoms with E-state index < -0.39 is 53.6 Å². The Balaban J connectivity index is 0.000000132. The fourth-order valence-corrected chi connectivity index (χ4v) is 13.6. The van der Waals surface area contributed by atoms with Gasteiger partial charge in [-0.25, -0.2) is 44.3 Å². The van der Waals surface area contributed by atoms with Crippen LogP contribution in [0.4, 0.5) is 43.9 Å². The van der Waals surface area contributed by atoms with Crippen LogP contribution in [0, 0.1) is 12.7 Å². The van der Waals surface area contributed by atoms with Gasteiger partial charge in [-0.05, 0) is 93.5 Å². The molecule has 9 atom stereocenters. The predicted octanol–water partition coefficient (Wildman–Crippen LogP) is 10.0. The third-order valence-electron chi connectivity index (χ3n) is 17.8. The number of rotatable bonds is 13. The number of carbonyl (C=O) groups is 3. The van der Waals surface area contributed by atoms with Crippen LogP contribution in [0.3, 0.4) is 0 Å². The van der Waals surface area contributed by atoms with Crippen molar-refractivity contribution in [2.75, 3.05) is 7.11 Å². The van der Waals surface area contributed by atoms with Gasteiger partial charge in [0, 0.05) is 55.3 Å². The van der Waals surface area contributed by atoms with Crippen LogP contribution in [-0.4, -0.2) is 164 Å². The van der Waals surface area contributed by atoms with E-state index in [-0.39, 0.29) is 83.3 Å². The van der Waals surface area contributed by atoms with E-state index >= 15 is 0 Å². The van der Waals surface area contributed by atoms with E-state index in [1.54, 1.807) is 64.9 Å². The first-order valence-corrected chi connectivity index (χ1v) is 30.7. The molecule has 0 N–H and O–H groups in total. The summed E-state index contributed by atoms with van der Waals surface area (Å²) in [4.78, 5) is 78.6. The zero-order valence-corrected chi connectivity index (χ0v) is 51.5. The number of halogens is 10. The van der Waals surface area contributed by atoms with Crippen molar-refractivity contribution < 1.29 is 77.2 Å². The number of benzene rings is 3. The quantitative estimate of drug-likeness (QED) is 0.0972. The molecule has 0 saturated carbocycles. The van der Waals surface area contributed by atoms with Crippen LogP contribution in [0.15, 0.2) is 135 Å². The summed E-state index contributed by atoms with van der Waals surface area (Å²) in [6.45, 7) is 1.93. The van der Waals surface area contributed by atoms with Gasteiger partial charge in [0.2, 0.25) is 17.6 Å². The molecule has 6 aliphatic rings. The Kier molecular flexibility index (Phi) is 17.9. The molecule has 98 heavy (non-hydrogen) atoms. The van der Waals surface area contributed by atoms with Crippen molar-refractivity contribution in [2.24, 2.45) is 0 Å². The molecule has 34 heteroatoms. The maximum Gasteiger partial charge on any atom is 0.434 e. The molecule has 0 radical (unpaired) electrons. The summed E-state index contributed by atoms with van der Waals surface area (Å²) < 4.78 is 151. The number of ether oxygens (including phenoxy) is 4. The van der Waals surface area contributed by atoms with Crippen molar-refractivity contribution in [3.63, 3.8) is 0 Å². The highest BCUT2D eigenvalue weighted by molar-refractivity contribution is 6.03. The Morgan fingerprint density at radius 3 is 1.33 bits per heavy atom. The predicted molar refractivity (Wildman–Crippen MR) is 319 cm³/mol. The van der Waals surface area contributed by atoms with E-state index in [0.717, 1.165) is 55.9 Å². The van der Waals surface area contributed by atoms with E-state index in [0.29, 0.717) is 90.3 Å². The first kappa shape index (κ1) is 65.8. The van der Waals surface area contributed by atoms with Crippen molar-refractivity contribution in [3.8, 4) is 46.2 Å². The summed E-state index contributed by atoms with van der Waals surface area (Å²) in [5.74, 6) is -0.538. The lowest BCUT2D eigenvalue weighted by atomic mass is 9.98. The lowest BCUT2D eigenvalue weighted by Gasteiger charge is -2.26. The Morgan fingerprint density at radius 1 is 0.459 bits per heavy atom. The van der Waals surface area contributed by atoms with Crippen LogP contribution in [0.1, 0.15) is 112 Å². The summed E-state index contributed by atoms with van der Waals surface area (Å²) in [5, 5.41) is 16.4. The SMILES string of the molecule is COc1cccc(-c2ncccn2)c1C(=O)N1C2CCC1C(Oc1cnc(C(F)(F)F)cn1)C2.Cc1ccc(C(=O)N2C3CCC2C(Oc2cnc(C(F)(F)F)cn2)C3)c(-n2nccn2)c1.O=C(c1cc(F)ccc1-n1nccn1)N1C2CCC1C(Oc1cnc(C(F)(F)F)cn1)C2. The molecule has 15 rings (SSSR count). The van der Waals surface area contributed by atoms with Gasteiger partial charge in [-0.2, -0.15) is 69.5 Å². The Morgan fingerprint density at radius 2 is 0.898 bits per heavy atom. The highest BCUT2D eigenvalue weighted by atomic mass is 19.4. The average molecular weight is 1360 g/mol. The van der Waals surface area contributed by atoms with Gasteiger partial charge < -0.3 is 33.6 Å². The molecule has 6 bridgehead atoms. The highest BCUT2D eigenvalue weighted by Crippen LogP contribution is 2.45. The minimum absolute atomic E-state index is 0.00591. The van der Waals surface area contributed by atoms with Gasteiger partial charge in [-0.15, -0.1) is 0 Å². The van der Waals surface area contributed by atoms with Crippen molar-refractivity contribution in [1.82, 2.24) is 84.6 Å². The van der Waals surface area contributed by atoms with Gasteiger partial charge in [0.1, 0.15) is 29.9 Å². The van der Waals surface area contributed by atoms with Gasteiger partial charge in [-0.3, -0.25) is 14.4 Å². The number of hydrogen-bond acceptors (Lipinski definition) is 19. The maximum atomic E-state index is 14.0. The summed E-state index contributed by atoms with van der Waals surface area (Å²) in [6, 6.07) is 15.3. The van der Waals surface area contributed by atoms with Crippen LogP contribution in [-0.2, 0) is 18.5 Å². The number of amides is 3. The van der Waals surface area contributed by atoms with Crippen molar-refractivity contribution in [2.45, 2.75) is 138 Å². The Hall–Kier alpha value is -10.8. The van der Waals surface area contributed by atoms with E-state index in [4.69, 9.17) is 18.9 Å². The van der Waals surface area contributed by atoms with Crippen molar-refractivity contribution >= 4 is 17.7 Å². The molecule has 3 aromatic carbocycles. The van der Waals surface area contributed by atoms with Gasteiger partial charge in [-0.1, -0.05) is 18.2 Å². The Bertz CT molecular complexity index is 4330. The molecule has 9 aromatic rings. The normalized spacial score (nSPS) is 22.1. The summed E-state index contributed by atoms with van der Waals surface area (Å²) in [6.07, 6.45) is 5.16. The molecule has 12 heterocycles. The van der Waals surface area contributed by atoms with Gasteiger partial charge in [0.15, 0.2) is 22.9 Å². The minimum Gasteiger partial charge on any atom is -0.496 e. The number of aryl methyl sites for hydroxylation is 1. The second-order valence-electron chi connectivity index (χ2n) is 23.7. The van der Waals surface area contributed by atoms with Crippen LogP contribution >= 0.6 is 0 Å². The summed E-state index contributed by atoms with van der Waals surface area (Å²) in [5.41, 5.74) is 0.166. The molecule has 0 aliphatic carbocycles. The second kappa shape index (κ2) is 26.6. The van der Waals surface area contributed by atoms with E-state index in [9.17, 15) is 58.3 Å². The number of methoxy groups -OCH3 is 1. The number of nitrogens with zero attached hydrogens (tertiary/aromatic N) is 17. The van der Waals surface area contributed by atoms with Crippen LogP contribution in [0.25, 0.3) is 22.8 Å². The first-order valence-electron chi connectivity index (χ1n) is 30.7. The molecule has 6 aliphatic heterocycles. The standard InChI is InChI=1S/C23H20F3N5O3.C21H19F3N6O2.C20H16F4N6O2/c1-33-16-5-2-4-14(21-27-8-3-9-28-21)20(16)22(32)31-13-6-7-15(31)17(10-13)34-19-12-29-18(11-30-19)23(24,25)26;1-12-2-4-14(16(8-12)30-27-6-7-28-30)20(31)29-13-3-5-15(29)17(9-13)32-19-11-25-18(10-26-19)21(22,23)24;21-11-1-3-14(30-27-5-6-28-30)13(7-11)19(31)29-12-2-4-15(29)16(8-12)32-18-10-25-17(9-26-18)20(22,23)24/h2-5,8-9,11-13,15,17H,6-7,10H2,1H3;2,4,6-8,10-11,13,15,17H,3,5,9H2,1H3;1,3,5-7,9-10,12,15-16H,2,4,8H2. The fraction of sp³-hybridized carbons (Fsp3) is 0.359. The van der Waals surface area contributed by atoms with Crippen molar-refractivity contribution in [3.05, 3.63) is 180 Å². The van der Waals surface area contributed by atoms with Crippen molar-refractivity contribution in [1.29, 1.82) is 0 Å². The van der Waals surface area contributed by atoms with Crippen LogP contribution < -0.4 is 18.9 Å². The molecule has 3 amide bonds. The van der Waals surface area contributed by atoms with Crippen LogP contribution in [0.2, 0.25) is 0 Å². The average Bonchev–Trinajstić information content (AvgIpc) is 1.63. The lowest BCUT2D eigenvalue weighted by Crippen LogP contribution is -2.39. The molecule has 508 valence electrons. The molecule has 6 saturated heterocycles. The maximum absolute atomic E-state index is 14.0. The minimum atomic E-state index is -4.59. The monoisotopic (exact) mass is 1360 g/mol. The number of hydrogen-bond donors (Lipinski definition) is 0. The Labute approximate surface area is 549 Å². The number of carbonyl (C=O) groups excluding carboxylic acids is 3. The topological polar surface area (TPSA) is 262 Å². The molecule has 0 spiro atoms. The zero-order valence-electron chi connectivity index (χ0n) is 51.5. The molecular formula is C64H55F10N17O7. The van der Waals surface area contributed by atoms with E-state index in [2.05, 4.69) is 60.3 Å². The first-order chi connectivity index (χ1) is 47.0. The molecule has 9 unspecified atom stereocenters. The summed E-state index contributed by atoms with van der Waals surface area (Å²) >= 11 is 0. The van der Waals surface area contributed by atoms with E-state index in [1.807, 2.05) is 24.0 Å². The van der Waals surface area contributed by atoms with Gasteiger partial charge >= 0.3 is 18.5 Å². The number of alkyl halides is 9. The molecule has 6 fully saturated rings. The molecule has 24 nitrogen and oxygen atoms in total. The van der Waals surface area contributed by atoms with Gasteiger partial charge in [0.05, 0.1) is 115 Å². The van der Waals surface area contributed by atoms with Crippen LogP contribution in [0.5, 0.6) is 23.4 Å². The lowest BCUT2D eigenvalue weighted by molar-refractivity contribution is -0.142. The summed E-state index contributed by atoms with van der Waals surface area (Å²) in [7, 11) is 1.50. The largest absolute Gasteiger partial charge is 0.496 e. The number of fused-ring (bicyclic) bond motifs is 6. The number of aromatic nitrogens is 14. The van der Waals surface area contributed by atoms with E-state index in [1.165, 1.54) is 41.2 Å². The zero-order chi connectivity index (χ0) is 68.8. The third-order valence-corrected chi connectivity index (χ3v) is 17.8. The third kappa shape index (κ3) is 13.4. The smallest absolute Gasteiger partial charge is 0.434 e. The molecular weight excluding hydrogens is 1310 g/mol. The highest BCUT2D eigenvalue weighted by Gasteiger charge is 2.54. The second-order valence-corrected chi connectivity index (χ2v) is 23.7. The van der Waals surface area contributed by atoms with Gasteiger partial charge in [0.25, 0.3) is 17.7 Å².